The van der Waals surface area contributed by atoms with Crippen LogP contribution in [0.2, 0.25) is 0 Å². The summed E-state index contributed by atoms with van der Waals surface area (Å²) in [5, 5.41) is 13.4. The molecule has 5 nitrogen and oxygen atoms in total. The van der Waals surface area contributed by atoms with E-state index in [0.29, 0.717) is 13.0 Å². The number of esters is 1. The van der Waals surface area contributed by atoms with Gasteiger partial charge in [-0.3, -0.25) is 4.79 Å². The van der Waals surface area contributed by atoms with Gasteiger partial charge in [0, 0.05) is 19.0 Å². The third-order valence-corrected chi connectivity index (χ3v) is 3.43. The number of aliphatic hydroxyl groups is 1. The molecule has 1 saturated heterocycles. The molecule has 1 rings (SSSR count). The molecular weight excluding hydrogens is 208 g/mol. The molecule has 0 aliphatic carbocycles. The monoisotopic (exact) mass is 230 g/mol. The van der Waals surface area contributed by atoms with E-state index in [4.69, 9.17) is 10.5 Å². The number of hydrogen-bond acceptors (Lipinski definition) is 5. The van der Waals surface area contributed by atoms with Crippen LogP contribution in [0.25, 0.3) is 0 Å². The summed E-state index contributed by atoms with van der Waals surface area (Å²) in [6, 6.07) is -0.604. The van der Waals surface area contributed by atoms with Gasteiger partial charge >= 0.3 is 5.97 Å². The molecule has 0 spiro atoms. The summed E-state index contributed by atoms with van der Waals surface area (Å²) < 4.78 is 5.25. The van der Waals surface area contributed by atoms with E-state index in [0.717, 1.165) is 6.54 Å². The number of rotatable bonds is 3. The quantitative estimate of drug-likeness (QED) is 0.576. The van der Waals surface area contributed by atoms with Crippen LogP contribution in [0.3, 0.4) is 0 Å². The van der Waals surface area contributed by atoms with E-state index >= 15 is 0 Å². The molecule has 1 aliphatic rings. The summed E-state index contributed by atoms with van der Waals surface area (Å²) in [5.74, 6) is -0.402. The van der Waals surface area contributed by atoms with Crippen molar-refractivity contribution in [2.24, 2.45) is 11.7 Å². The van der Waals surface area contributed by atoms with Crippen molar-refractivity contribution in [1.29, 1.82) is 0 Å². The van der Waals surface area contributed by atoms with Gasteiger partial charge in [-0.05, 0) is 13.3 Å². The van der Waals surface area contributed by atoms with Crippen LogP contribution >= 0.6 is 0 Å². The zero-order valence-corrected chi connectivity index (χ0v) is 10.2. The van der Waals surface area contributed by atoms with E-state index in [1.54, 1.807) is 6.92 Å². The largest absolute Gasteiger partial charge is 0.457 e. The van der Waals surface area contributed by atoms with Crippen molar-refractivity contribution in [3.63, 3.8) is 0 Å². The van der Waals surface area contributed by atoms with Crippen molar-refractivity contribution in [1.82, 2.24) is 5.32 Å². The lowest BCUT2D eigenvalue weighted by atomic mass is 9.82. The topological polar surface area (TPSA) is 84.6 Å². The second-order valence-electron chi connectivity index (χ2n) is 4.73. The summed E-state index contributed by atoms with van der Waals surface area (Å²) in [6.45, 7) is 6.65. The van der Waals surface area contributed by atoms with E-state index in [2.05, 4.69) is 5.32 Å². The van der Waals surface area contributed by atoms with Crippen LogP contribution in [0, 0.1) is 5.92 Å². The van der Waals surface area contributed by atoms with E-state index in [1.807, 2.05) is 13.8 Å². The van der Waals surface area contributed by atoms with Gasteiger partial charge in [0.1, 0.15) is 17.7 Å². The van der Waals surface area contributed by atoms with E-state index in [1.165, 1.54) is 0 Å². The molecule has 0 bridgehead atoms. The third-order valence-electron chi connectivity index (χ3n) is 3.43. The Bertz CT molecular complexity index is 256. The first-order valence-corrected chi connectivity index (χ1v) is 5.78. The van der Waals surface area contributed by atoms with Crippen molar-refractivity contribution in [2.75, 3.05) is 13.1 Å². The van der Waals surface area contributed by atoms with Crippen LogP contribution in [0.5, 0.6) is 0 Å². The molecule has 5 heteroatoms. The molecule has 1 aliphatic heterocycles. The lowest BCUT2D eigenvalue weighted by molar-refractivity contribution is -0.175. The van der Waals surface area contributed by atoms with E-state index < -0.39 is 23.7 Å². The molecule has 0 saturated carbocycles. The highest BCUT2D eigenvalue weighted by molar-refractivity contribution is 5.75. The van der Waals surface area contributed by atoms with Gasteiger partial charge in [-0.2, -0.15) is 0 Å². The zero-order valence-electron chi connectivity index (χ0n) is 10.2. The van der Waals surface area contributed by atoms with Gasteiger partial charge in [0.15, 0.2) is 0 Å². The number of carbonyl (C=O) groups is 1. The number of piperidine rings is 1. The maximum absolute atomic E-state index is 11.6. The maximum Gasteiger partial charge on any atom is 0.323 e. The van der Waals surface area contributed by atoms with Gasteiger partial charge in [-0.1, -0.05) is 13.8 Å². The first kappa shape index (κ1) is 13.4. The van der Waals surface area contributed by atoms with Crippen LogP contribution in [0.4, 0.5) is 0 Å². The first-order valence-electron chi connectivity index (χ1n) is 5.78. The van der Waals surface area contributed by atoms with Gasteiger partial charge < -0.3 is 20.9 Å². The highest BCUT2D eigenvalue weighted by Gasteiger charge is 2.43. The highest BCUT2D eigenvalue weighted by atomic mass is 16.6. The van der Waals surface area contributed by atoms with Gasteiger partial charge in [0.05, 0.1) is 0 Å². The molecule has 0 aromatic heterocycles. The SMILES string of the molecule is CCC(N)C(=O)O[C@@H]1CNC[C@H](C)[C@@]1(C)O. The third kappa shape index (κ3) is 2.72. The molecule has 0 aromatic rings. The fourth-order valence-corrected chi connectivity index (χ4v) is 1.72. The number of hydrogen-bond donors (Lipinski definition) is 3. The Morgan fingerprint density at radius 3 is 2.88 bits per heavy atom. The van der Waals surface area contributed by atoms with Crippen molar-refractivity contribution >= 4 is 5.97 Å². The van der Waals surface area contributed by atoms with Crippen LogP contribution in [0.15, 0.2) is 0 Å². The standard InChI is InChI=1S/C11H22N2O3/c1-4-8(12)10(14)16-9-6-13-5-7(2)11(9,3)15/h7-9,13,15H,4-6,12H2,1-3H3/t7-,8?,9+,11+/m0/s1. The minimum Gasteiger partial charge on any atom is -0.457 e. The second-order valence-corrected chi connectivity index (χ2v) is 4.73. The van der Waals surface area contributed by atoms with E-state index in [-0.39, 0.29) is 5.92 Å². The van der Waals surface area contributed by atoms with Crippen molar-refractivity contribution in [3.8, 4) is 0 Å². The molecule has 4 N–H and O–H groups in total. The average Bonchev–Trinajstić information content (AvgIpc) is 2.24. The molecule has 1 heterocycles. The first-order chi connectivity index (χ1) is 7.39. The number of nitrogens with one attached hydrogen (secondary N) is 1. The Hall–Kier alpha value is -0.650. The number of carbonyl (C=O) groups excluding carboxylic acids is 1. The minimum absolute atomic E-state index is 0.0388. The van der Waals surface area contributed by atoms with Gasteiger partial charge in [-0.15, -0.1) is 0 Å². The number of nitrogens with two attached hydrogens (primary N) is 1. The van der Waals surface area contributed by atoms with E-state index in [9.17, 15) is 9.90 Å². The maximum atomic E-state index is 11.6. The summed E-state index contributed by atoms with van der Waals surface area (Å²) in [6.07, 6.45) is 0.0118. The Morgan fingerprint density at radius 2 is 2.31 bits per heavy atom. The Kier molecular flexibility index (Phi) is 4.29. The summed E-state index contributed by atoms with van der Waals surface area (Å²) in [4.78, 5) is 11.6. The molecule has 0 radical (unpaired) electrons. The van der Waals surface area contributed by atoms with Gasteiger partial charge in [-0.25, -0.2) is 0 Å². The van der Waals surface area contributed by atoms with Crippen molar-refractivity contribution < 1.29 is 14.6 Å². The predicted octanol–water partition coefficient (Wildman–Crippen LogP) is -0.374. The lowest BCUT2D eigenvalue weighted by Gasteiger charge is -2.41. The van der Waals surface area contributed by atoms with Crippen LogP contribution in [-0.4, -0.2) is 41.9 Å². The molecule has 0 aromatic carbocycles. The summed E-state index contributed by atoms with van der Waals surface area (Å²) >= 11 is 0. The van der Waals surface area contributed by atoms with Crippen molar-refractivity contribution in [3.05, 3.63) is 0 Å². The average molecular weight is 230 g/mol. The molecule has 16 heavy (non-hydrogen) atoms. The Labute approximate surface area is 96.3 Å². The molecule has 1 unspecified atom stereocenters. The fourth-order valence-electron chi connectivity index (χ4n) is 1.72. The Balaban J connectivity index is 2.62. The van der Waals surface area contributed by atoms with Crippen LogP contribution < -0.4 is 11.1 Å². The fraction of sp³-hybridized carbons (Fsp3) is 0.909. The van der Waals surface area contributed by atoms with Gasteiger partial charge in [0.25, 0.3) is 0 Å². The smallest absolute Gasteiger partial charge is 0.323 e. The second kappa shape index (κ2) is 5.12. The molecule has 4 atom stereocenters. The normalized spacial score (nSPS) is 36.8. The summed E-state index contributed by atoms with van der Waals surface area (Å²) in [7, 11) is 0. The Morgan fingerprint density at radius 1 is 1.69 bits per heavy atom. The zero-order chi connectivity index (χ0) is 12.3. The highest BCUT2D eigenvalue weighted by Crippen LogP contribution is 2.26. The molecular formula is C11H22N2O3. The van der Waals surface area contributed by atoms with Crippen LogP contribution in [0.1, 0.15) is 27.2 Å². The predicted molar refractivity (Wildman–Crippen MR) is 60.8 cm³/mol. The molecule has 1 fully saturated rings. The molecule has 0 amide bonds. The lowest BCUT2D eigenvalue weighted by Crippen LogP contribution is -2.59. The van der Waals surface area contributed by atoms with Gasteiger partial charge in [0.2, 0.25) is 0 Å². The minimum atomic E-state index is -0.992. The summed E-state index contributed by atoms with van der Waals surface area (Å²) in [5.41, 5.74) is 4.59. The van der Waals surface area contributed by atoms with Crippen LogP contribution in [-0.2, 0) is 9.53 Å². The number of ether oxygens (including phenoxy) is 1. The van der Waals surface area contributed by atoms with Crippen molar-refractivity contribution in [2.45, 2.75) is 44.9 Å². The molecule has 94 valence electrons.